The summed E-state index contributed by atoms with van der Waals surface area (Å²) in [4.78, 5) is 12.1. The summed E-state index contributed by atoms with van der Waals surface area (Å²) in [6, 6.07) is 9.13. The Morgan fingerprint density at radius 3 is 2.04 bits per heavy atom. The number of hydrogen-bond acceptors (Lipinski definition) is 4. The number of carbonyl (C=O) groups is 1. The molecule has 0 aliphatic rings. The Kier molecular flexibility index (Phi) is 7.69. The zero-order chi connectivity index (χ0) is 17.0. The van der Waals surface area contributed by atoms with E-state index in [1.807, 2.05) is 0 Å². The molecule has 24 heavy (non-hydrogen) atoms. The van der Waals surface area contributed by atoms with E-state index < -0.39 is 38.9 Å². The zero-order valence-electron chi connectivity index (χ0n) is 13.0. The Hall–Kier alpha value is -1.12. The standard InChI is InChI=1S/C16H14F2O4S.Na/c17-13-4-1-5-14(18)15(13)16(19)12-8-6-11(7-9-12)3-2-10-23(20,21)22;/h1,4-9H,2-3,10H2,(H,20,21,22);/q;+1/p-1. The van der Waals surface area contributed by atoms with Crippen molar-refractivity contribution >= 4 is 15.9 Å². The normalized spacial score (nSPS) is 11.0. The van der Waals surface area contributed by atoms with Gasteiger partial charge in [-0.05, 0) is 30.5 Å². The van der Waals surface area contributed by atoms with E-state index in [1.54, 1.807) is 12.1 Å². The van der Waals surface area contributed by atoms with Crippen LogP contribution in [0, 0.1) is 11.6 Å². The molecule has 0 radical (unpaired) electrons. The van der Waals surface area contributed by atoms with Gasteiger partial charge in [-0.15, -0.1) is 0 Å². The van der Waals surface area contributed by atoms with Crippen LogP contribution < -0.4 is 29.6 Å². The molecular formula is C16H13F2NaO4S. The minimum absolute atomic E-state index is 0. The second kappa shape index (κ2) is 8.82. The van der Waals surface area contributed by atoms with Gasteiger partial charge < -0.3 is 4.55 Å². The summed E-state index contributed by atoms with van der Waals surface area (Å²) in [6.07, 6.45) is 0.519. The van der Waals surface area contributed by atoms with Gasteiger partial charge in [0.15, 0.2) is 5.78 Å². The van der Waals surface area contributed by atoms with Gasteiger partial charge in [0.25, 0.3) is 0 Å². The van der Waals surface area contributed by atoms with Gasteiger partial charge in [0.05, 0.1) is 15.7 Å². The Labute approximate surface area is 160 Å². The van der Waals surface area contributed by atoms with E-state index >= 15 is 0 Å². The molecule has 0 aromatic heterocycles. The molecule has 0 saturated carbocycles. The van der Waals surface area contributed by atoms with Crippen LogP contribution in [0.25, 0.3) is 0 Å². The van der Waals surface area contributed by atoms with Crippen molar-refractivity contribution in [2.24, 2.45) is 0 Å². The average Bonchev–Trinajstić information content (AvgIpc) is 2.46. The maximum Gasteiger partial charge on any atom is 1.00 e. The van der Waals surface area contributed by atoms with Gasteiger partial charge in [-0.2, -0.15) is 0 Å². The molecule has 2 aromatic carbocycles. The summed E-state index contributed by atoms with van der Waals surface area (Å²) in [5.74, 6) is -3.09. The molecule has 0 saturated heterocycles. The van der Waals surface area contributed by atoms with Crippen LogP contribution in [0.3, 0.4) is 0 Å². The summed E-state index contributed by atoms with van der Waals surface area (Å²) < 4.78 is 58.7. The third-order valence-electron chi connectivity index (χ3n) is 3.27. The third kappa shape index (κ3) is 5.75. The van der Waals surface area contributed by atoms with Crippen molar-refractivity contribution in [2.75, 3.05) is 5.75 Å². The van der Waals surface area contributed by atoms with Gasteiger partial charge in [-0.3, -0.25) is 4.79 Å². The first-order chi connectivity index (χ1) is 10.8. The monoisotopic (exact) mass is 362 g/mol. The van der Waals surface area contributed by atoms with E-state index in [9.17, 15) is 26.5 Å². The van der Waals surface area contributed by atoms with Gasteiger partial charge in [0.1, 0.15) is 11.6 Å². The largest absolute Gasteiger partial charge is 1.00 e. The SMILES string of the molecule is O=C(c1ccc(CCCS(=O)(=O)[O-])cc1)c1c(F)cccc1F.[Na+]. The fourth-order valence-corrected chi connectivity index (χ4v) is 2.63. The van der Waals surface area contributed by atoms with E-state index in [4.69, 9.17) is 0 Å². The Morgan fingerprint density at radius 1 is 1.00 bits per heavy atom. The number of aryl methyl sites for hydroxylation is 1. The first-order valence-electron chi connectivity index (χ1n) is 6.79. The molecule has 4 nitrogen and oxygen atoms in total. The topological polar surface area (TPSA) is 74.3 Å². The Balaban J connectivity index is 0.00000288. The number of halogens is 2. The van der Waals surface area contributed by atoms with Crippen LogP contribution in [0.5, 0.6) is 0 Å². The second-order valence-corrected chi connectivity index (χ2v) is 6.51. The number of hydrogen-bond donors (Lipinski definition) is 0. The van der Waals surface area contributed by atoms with E-state index in [-0.39, 0.29) is 41.5 Å². The smallest absolute Gasteiger partial charge is 0.748 e. The number of benzene rings is 2. The van der Waals surface area contributed by atoms with Crippen LogP contribution in [-0.4, -0.2) is 24.5 Å². The molecule has 0 aliphatic carbocycles. The van der Waals surface area contributed by atoms with Crippen molar-refractivity contribution in [2.45, 2.75) is 12.8 Å². The Morgan fingerprint density at radius 2 is 1.54 bits per heavy atom. The first kappa shape index (κ1) is 20.9. The average molecular weight is 362 g/mol. The summed E-state index contributed by atoms with van der Waals surface area (Å²) in [5.41, 5.74) is 0.228. The zero-order valence-corrected chi connectivity index (χ0v) is 15.8. The molecule has 0 aliphatic heterocycles. The summed E-state index contributed by atoms with van der Waals surface area (Å²) >= 11 is 0. The van der Waals surface area contributed by atoms with Crippen molar-refractivity contribution in [3.05, 3.63) is 70.8 Å². The van der Waals surface area contributed by atoms with Crippen LogP contribution in [-0.2, 0) is 16.5 Å². The number of rotatable bonds is 6. The van der Waals surface area contributed by atoms with Crippen LogP contribution in [0.1, 0.15) is 27.9 Å². The van der Waals surface area contributed by atoms with Crippen molar-refractivity contribution in [1.82, 2.24) is 0 Å². The molecule has 0 amide bonds. The molecule has 2 rings (SSSR count). The van der Waals surface area contributed by atoms with Crippen molar-refractivity contribution in [3.8, 4) is 0 Å². The molecule has 0 unspecified atom stereocenters. The molecular weight excluding hydrogens is 349 g/mol. The molecule has 8 heteroatoms. The summed E-state index contributed by atoms with van der Waals surface area (Å²) in [7, 11) is -4.25. The van der Waals surface area contributed by atoms with Crippen LogP contribution >= 0.6 is 0 Å². The van der Waals surface area contributed by atoms with E-state index in [0.29, 0.717) is 6.42 Å². The van der Waals surface area contributed by atoms with E-state index in [2.05, 4.69) is 0 Å². The number of carbonyl (C=O) groups excluding carboxylic acids is 1. The molecule has 2 aromatic rings. The minimum atomic E-state index is -4.25. The molecule has 0 spiro atoms. The van der Waals surface area contributed by atoms with E-state index in [0.717, 1.165) is 17.7 Å². The molecule has 0 N–H and O–H groups in total. The fourth-order valence-electron chi connectivity index (χ4n) is 2.13. The van der Waals surface area contributed by atoms with Gasteiger partial charge in [0.2, 0.25) is 0 Å². The number of ketones is 1. The maximum absolute atomic E-state index is 13.6. The van der Waals surface area contributed by atoms with Gasteiger partial charge in [-0.25, -0.2) is 17.2 Å². The summed E-state index contributed by atoms with van der Waals surface area (Å²) in [5, 5.41) is 0. The summed E-state index contributed by atoms with van der Waals surface area (Å²) in [6.45, 7) is 0. The van der Waals surface area contributed by atoms with Crippen LogP contribution in [0.4, 0.5) is 8.78 Å². The predicted molar refractivity (Wildman–Crippen MR) is 79.1 cm³/mol. The van der Waals surface area contributed by atoms with Crippen LogP contribution in [0.2, 0.25) is 0 Å². The molecule has 0 heterocycles. The van der Waals surface area contributed by atoms with Crippen molar-refractivity contribution in [1.29, 1.82) is 0 Å². The maximum atomic E-state index is 13.6. The van der Waals surface area contributed by atoms with Gasteiger partial charge in [-0.1, -0.05) is 30.3 Å². The molecule has 122 valence electrons. The predicted octanol–water partition coefficient (Wildman–Crippen LogP) is -0.322. The quantitative estimate of drug-likeness (QED) is 0.401. The van der Waals surface area contributed by atoms with Crippen molar-refractivity contribution < 1.29 is 56.1 Å². The van der Waals surface area contributed by atoms with E-state index in [1.165, 1.54) is 18.2 Å². The first-order valence-corrected chi connectivity index (χ1v) is 8.37. The second-order valence-electron chi connectivity index (χ2n) is 4.99. The van der Waals surface area contributed by atoms with Crippen molar-refractivity contribution in [3.63, 3.8) is 0 Å². The van der Waals surface area contributed by atoms with Gasteiger partial charge >= 0.3 is 29.6 Å². The molecule has 0 atom stereocenters. The third-order valence-corrected chi connectivity index (χ3v) is 4.05. The fraction of sp³-hybridized carbons (Fsp3) is 0.188. The van der Waals surface area contributed by atoms with Gasteiger partial charge in [0, 0.05) is 11.3 Å². The molecule has 0 fully saturated rings. The van der Waals surface area contributed by atoms with Crippen LogP contribution in [0.15, 0.2) is 42.5 Å². The minimum Gasteiger partial charge on any atom is -0.748 e. The Bertz CT molecular complexity index is 800. The molecule has 0 bridgehead atoms.